The molecule has 1 aromatic carbocycles. The maximum absolute atomic E-state index is 5.90. The van der Waals surface area contributed by atoms with Crippen LogP contribution < -0.4 is 15.4 Å². The van der Waals surface area contributed by atoms with Crippen LogP contribution in [-0.4, -0.2) is 49.2 Å². The van der Waals surface area contributed by atoms with E-state index < -0.39 is 0 Å². The maximum atomic E-state index is 5.90. The van der Waals surface area contributed by atoms with E-state index in [1.807, 2.05) is 24.7 Å². The molecule has 2 rings (SSSR count). The number of guanidine groups is 1. The zero-order chi connectivity index (χ0) is 20.2. The summed E-state index contributed by atoms with van der Waals surface area (Å²) in [5.74, 6) is 1.66. The van der Waals surface area contributed by atoms with Gasteiger partial charge >= 0.3 is 0 Å². The van der Waals surface area contributed by atoms with Crippen molar-refractivity contribution in [2.24, 2.45) is 4.99 Å². The number of nitrogens with one attached hydrogen (secondary N) is 2. The lowest BCUT2D eigenvalue weighted by Crippen LogP contribution is -2.37. The molecule has 0 radical (unpaired) electrons. The summed E-state index contributed by atoms with van der Waals surface area (Å²) in [5, 5.41) is 11.0. The van der Waals surface area contributed by atoms with Crippen molar-refractivity contribution in [3.8, 4) is 5.75 Å². The number of hydrogen-bond acceptors (Lipinski definition) is 4. The van der Waals surface area contributed by atoms with Crippen LogP contribution >= 0.6 is 0 Å². The highest BCUT2D eigenvalue weighted by Crippen LogP contribution is 2.20. The van der Waals surface area contributed by atoms with Crippen molar-refractivity contribution in [2.45, 2.75) is 40.3 Å². The van der Waals surface area contributed by atoms with E-state index in [-0.39, 0.29) is 0 Å². The fourth-order valence-corrected chi connectivity index (χ4v) is 2.73. The van der Waals surface area contributed by atoms with Gasteiger partial charge in [0.1, 0.15) is 12.4 Å². The Balaban J connectivity index is 1.78. The molecule has 1 heterocycles. The molecule has 154 valence electrons. The normalized spacial score (nSPS) is 11.5. The Kier molecular flexibility index (Phi) is 9.34. The van der Waals surface area contributed by atoms with Gasteiger partial charge in [-0.15, -0.1) is 0 Å². The van der Waals surface area contributed by atoms with Gasteiger partial charge in [0.05, 0.1) is 12.8 Å². The van der Waals surface area contributed by atoms with Crippen LogP contribution in [0.15, 0.2) is 35.6 Å². The van der Waals surface area contributed by atoms with E-state index in [4.69, 9.17) is 9.47 Å². The van der Waals surface area contributed by atoms with E-state index in [9.17, 15) is 0 Å². The number of hydrogen-bond donors (Lipinski definition) is 2. The van der Waals surface area contributed by atoms with Crippen LogP contribution in [0.1, 0.15) is 30.0 Å². The molecule has 0 atom stereocenters. The molecule has 7 heteroatoms. The first-order valence-electron chi connectivity index (χ1n) is 9.86. The van der Waals surface area contributed by atoms with Crippen LogP contribution in [0.5, 0.6) is 5.75 Å². The lowest BCUT2D eigenvalue weighted by atomic mass is 10.1. The average molecular weight is 388 g/mol. The number of rotatable bonds is 11. The van der Waals surface area contributed by atoms with Crippen LogP contribution in [0, 0.1) is 13.8 Å². The Bertz CT molecular complexity index is 742. The number of benzene rings is 1. The van der Waals surface area contributed by atoms with Crippen molar-refractivity contribution in [2.75, 3.05) is 33.4 Å². The molecular formula is C21H33N5O2. The van der Waals surface area contributed by atoms with Crippen molar-refractivity contribution >= 4 is 5.96 Å². The van der Waals surface area contributed by atoms with Gasteiger partial charge in [0.2, 0.25) is 0 Å². The third-order valence-corrected chi connectivity index (χ3v) is 4.20. The summed E-state index contributed by atoms with van der Waals surface area (Å²) < 4.78 is 13.2. The highest BCUT2D eigenvalue weighted by atomic mass is 16.5. The summed E-state index contributed by atoms with van der Waals surface area (Å²) in [6.07, 6.45) is 4.90. The van der Waals surface area contributed by atoms with Gasteiger partial charge in [0.25, 0.3) is 0 Å². The van der Waals surface area contributed by atoms with Crippen LogP contribution in [-0.2, 0) is 17.8 Å². The predicted molar refractivity (Wildman–Crippen MR) is 113 cm³/mol. The van der Waals surface area contributed by atoms with Gasteiger partial charge in [0, 0.05) is 45.0 Å². The summed E-state index contributed by atoms with van der Waals surface area (Å²) in [7, 11) is 1.78. The molecule has 2 aromatic rings. The van der Waals surface area contributed by atoms with Gasteiger partial charge in [0.15, 0.2) is 5.96 Å². The Hall–Kier alpha value is -2.54. The Morgan fingerprint density at radius 3 is 2.75 bits per heavy atom. The fraction of sp³-hybridized carbons (Fsp3) is 0.524. The lowest BCUT2D eigenvalue weighted by molar-refractivity contribution is 0.110. The average Bonchev–Trinajstić information content (AvgIpc) is 3.11. The summed E-state index contributed by atoms with van der Waals surface area (Å²) in [6, 6.07) is 6.24. The monoisotopic (exact) mass is 387 g/mol. The van der Waals surface area contributed by atoms with Gasteiger partial charge < -0.3 is 20.1 Å². The molecule has 0 saturated carbocycles. The molecule has 0 aliphatic carbocycles. The van der Waals surface area contributed by atoms with E-state index >= 15 is 0 Å². The first-order chi connectivity index (χ1) is 13.6. The largest absolute Gasteiger partial charge is 0.491 e. The summed E-state index contributed by atoms with van der Waals surface area (Å²) in [6.45, 7) is 10.3. The number of aliphatic imine (C=N–C) groups is 1. The topological polar surface area (TPSA) is 72.7 Å². The molecule has 0 spiro atoms. The third kappa shape index (κ3) is 7.60. The van der Waals surface area contributed by atoms with Crippen molar-refractivity contribution < 1.29 is 9.47 Å². The predicted octanol–water partition coefficient (Wildman–Crippen LogP) is 2.67. The molecule has 0 aliphatic rings. The van der Waals surface area contributed by atoms with Crippen molar-refractivity contribution in [3.05, 3.63) is 47.3 Å². The van der Waals surface area contributed by atoms with Crippen LogP contribution in [0.25, 0.3) is 0 Å². The van der Waals surface area contributed by atoms with Gasteiger partial charge in [-0.2, -0.15) is 5.10 Å². The summed E-state index contributed by atoms with van der Waals surface area (Å²) >= 11 is 0. The Labute approximate surface area is 168 Å². The number of nitrogens with zero attached hydrogens (tertiary/aromatic N) is 3. The number of aryl methyl sites for hydroxylation is 3. The van der Waals surface area contributed by atoms with Gasteiger partial charge in [-0.1, -0.05) is 12.1 Å². The van der Waals surface area contributed by atoms with E-state index in [0.29, 0.717) is 26.4 Å². The third-order valence-electron chi connectivity index (χ3n) is 4.20. The molecule has 1 aromatic heterocycles. The van der Waals surface area contributed by atoms with Gasteiger partial charge in [-0.25, -0.2) is 0 Å². The molecule has 0 bridgehead atoms. The Morgan fingerprint density at radius 2 is 2.04 bits per heavy atom. The summed E-state index contributed by atoms with van der Waals surface area (Å²) in [5.41, 5.74) is 3.45. The SMILES string of the molecule is CCOCCOc1cc(C)ccc1CNC(=NC)NCCCn1cc(C)cn1. The molecule has 0 amide bonds. The second-order valence-electron chi connectivity index (χ2n) is 6.64. The maximum Gasteiger partial charge on any atom is 0.191 e. The zero-order valence-corrected chi connectivity index (χ0v) is 17.5. The molecule has 0 aliphatic heterocycles. The highest BCUT2D eigenvalue weighted by molar-refractivity contribution is 5.79. The zero-order valence-electron chi connectivity index (χ0n) is 17.5. The standard InChI is InChI=1S/C21H33N5O2/c1-5-27-11-12-28-20-13-17(2)7-8-19(20)15-24-21(22-4)23-9-6-10-26-16-18(3)14-25-26/h7-8,13-14,16H,5-6,9-12,15H2,1-4H3,(H2,22,23,24). The lowest BCUT2D eigenvalue weighted by Gasteiger charge is -2.15. The first kappa shape index (κ1) is 21.8. The minimum absolute atomic E-state index is 0.546. The second-order valence-corrected chi connectivity index (χ2v) is 6.64. The van der Waals surface area contributed by atoms with Crippen molar-refractivity contribution in [1.82, 2.24) is 20.4 Å². The quantitative estimate of drug-likeness (QED) is 0.352. The molecule has 28 heavy (non-hydrogen) atoms. The molecule has 0 saturated heterocycles. The van der Waals surface area contributed by atoms with Crippen molar-refractivity contribution in [1.29, 1.82) is 0 Å². The molecule has 2 N–H and O–H groups in total. The van der Waals surface area contributed by atoms with Crippen LogP contribution in [0.3, 0.4) is 0 Å². The molecule has 0 fully saturated rings. The van der Waals surface area contributed by atoms with E-state index in [2.05, 4.69) is 52.0 Å². The van der Waals surface area contributed by atoms with Crippen LogP contribution in [0.4, 0.5) is 0 Å². The summed E-state index contributed by atoms with van der Waals surface area (Å²) in [4.78, 5) is 4.30. The van der Waals surface area contributed by atoms with Crippen LogP contribution in [0.2, 0.25) is 0 Å². The number of ether oxygens (including phenoxy) is 2. The highest BCUT2D eigenvalue weighted by Gasteiger charge is 2.06. The second kappa shape index (κ2) is 12.0. The van der Waals surface area contributed by atoms with E-state index in [1.165, 1.54) is 11.1 Å². The first-order valence-corrected chi connectivity index (χ1v) is 9.86. The minimum atomic E-state index is 0.546. The molecular weight excluding hydrogens is 354 g/mol. The van der Waals surface area contributed by atoms with Gasteiger partial charge in [-0.3, -0.25) is 9.67 Å². The van der Waals surface area contributed by atoms with E-state index in [1.54, 1.807) is 7.05 Å². The van der Waals surface area contributed by atoms with E-state index in [0.717, 1.165) is 36.8 Å². The minimum Gasteiger partial charge on any atom is -0.491 e. The van der Waals surface area contributed by atoms with Gasteiger partial charge in [-0.05, 0) is 44.4 Å². The smallest absolute Gasteiger partial charge is 0.191 e. The fourth-order valence-electron chi connectivity index (χ4n) is 2.73. The van der Waals surface area contributed by atoms with Crippen molar-refractivity contribution in [3.63, 3.8) is 0 Å². The Morgan fingerprint density at radius 1 is 1.18 bits per heavy atom. The molecule has 7 nitrogen and oxygen atoms in total. The number of aromatic nitrogens is 2. The molecule has 0 unspecified atom stereocenters.